The summed E-state index contributed by atoms with van der Waals surface area (Å²) in [7, 11) is 1.57. The molecule has 0 saturated carbocycles. The Bertz CT molecular complexity index is 881. The van der Waals surface area contributed by atoms with Crippen molar-refractivity contribution >= 4 is 16.7 Å². The summed E-state index contributed by atoms with van der Waals surface area (Å²) in [6, 6.07) is 19.0. The van der Waals surface area contributed by atoms with E-state index in [-0.39, 0.29) is 6.61 Å². The summed E-state index contributed by atoms with van der Waals surface area (Å²) < 4.78 is 16.2. The van der Waals surface area contributed by atoms with Crippen molar-refractivity contribution in [3.05, 3.63) is 71.8 Å². The first-order valence-electron chi connectivity index (χ1n) is 8.17. The van der Waals surface area contributed by atoms with Gasteiger partial charge in [-0.15, -0.1) is 0 Å². The normalized spacial score (nSPS) is 10.5. The van der Waals surface area contributed by atoms with Gasteiger partial charge >= 0.3 is 5.97 Å². The smallest absolute Gasteiger partial charge is 0.338 e. The number of hydrogen-bond donors (Lipinski definition) is 0. The summed E-state index contributed by atoms with van der Waals surface area (Å²) in [5, 5.41) is 2.21. The predicted octanol–water partition coefficient (Wildman–Crippen LogP) is 4.60. The molecule has 3 aromatic carbocycles. The molecule has 128 valence electrons. The highest BCUT2D eigenvalue weighted by atomic mass is 16.5. The number of carbonyl (C=O) groups excluding carboxylic acids is 1. The van der Waals surface area contributed by atoms with Crippen molar-refractivity contribution in [3.63, 3.8) is 0 Å². The highest BCUT2D eigenvalue weighted by Gasteiger charge is 2.13. The molecule has 0 bridgehead atoms. The lowest BCUT2D eigenvalue weighted by molar-refractivity contribution is 0.0474. The zero-order chi connectivity index (χ0) is 17.6. The van der Waals surface area contributed by atoms with Crippen LogP contribution in [-0.4, -0.2) is 19.7 Å². The van der Waals surface area contributed by atoms with Crippen molar-refractivity contribution < 1.29 is 19.0 Å². The number of hydrogen-bond acceptors (Lipinski definition) is 4. The van der Waals surface area contributed by atoms with Gasteiger partial charge in [-0.05, 0) is 41.5 Å². The summed E-state index contributed by atoms with van der Waals surface area (Å²) in [6.45, 7) is 2.59. The summed E-state index contributed by atoms with van der Waals surface area (Å²) >= 11 is 0. The molecular weight excluding hydrogens is 316 g/mol. The molecule has 0 fully saturated rings. The zero-order valence-electron chi connectivity index (χ0n) is 14.3. The molecule has 3 rings (SSSR count). The van der Waals surface area contributed by atoms with Crippen LogP contribution >= 0.6 is 0 Å². The van der Waals surface area contributed by atoms with Gasteiger partial charge in [0, 0.05) is 0 Å². The topological polar surface area (TPSA) is 44.8 Å². The van der Waals surface area contributed by atoms with E-state index in [0.717, 1.165) is 16.3 Å². The summed E-state index contributed by atoms with van der Waals surface area (Å²) in [4.78, 5) is 12.4. The molecule has 0 aliphatic carbocycles. The van der Waals surface area contributed by atoms with E-state index in [9.17, 15) is 4.79 Å². The zero-order valence-corrected chi connectivity index (χ0v) is 14.3. The molecule has 0 unspecified atom stereocenters. The second-order valence-corrected chi connectivity index (χ2v) is 5.51. The van der Waals surface area contributed by atoms with Gasteiger partial charge < -0.3 is 14.2 Å². The van der Waals surface area contributed by atoms with E-state index in [1.54, 1.807) is 25.3 Å². The van der Waals surface area contributed by atoms with Crippen LogP contribution in [0, 0.1) is 0 Å². The molecule has 0 atom stereocenters. The number of carbonyl (C=O) groups is 1. The molecule has 0 amide bonds. The number of methoxy groups -OCH3 is 1. The van der Waals surface area contributed by atoms with Crippen LogP contribution in [0.5, 0.6) is 11.5 Å². The van der Waals surface area contributed by atoms with E-state index in [1.807, 2.05) is 49.4 Å². The Labute approximate surface area is 146 Å². The predicted molar refractivity (Wildman–Crippen MR) is 97.2 cm³/mol. The van der Waals surface area contributed by atoms with Gasteiger partial charge in [0.25, 0.3) is 0 Å². The molecule has 0 aliphatic rings. The second-order valence-electron chi connectivity index (χ2n) is 5.51. The molecule has 4 nitrogen and oxygen atoms in total. The minimum Gasteiger partial charge on any atom is -0.493 e. The third kappa shape index (κ3) is 3.74. The largest absolute Gasteiger partial charge is 0.493 e. The van der Waals surface area contributed by atoms with E-state index < -0.39 is 5.97 Å². The highest BCUT2D eigenvalue weighted by Crippen LogP contribution is 2.28. The summed E-state index contributed by atoms with van der Waals surface area (Å²) in [5.41, 5.74) is 1.41. The maximum atomic E-state index is 12.4. The maximum Gasteiger partial charge on any atom is 0.338 e. The van der Waals surface area contributed by atoms with Gasteiger partial charge in [0.15, 0.2) is 11.5 Å². The minimum atomic E-state index is -0.392. The molecule has 0 spiro atoms. The maximum absolute atomic E-state index is 12.4. The van der Waals surface area contributed by atoms with Crippen LogP contribution in [0.25, 0.3) is 10.8 Å². The Kier molecular flexibility index (Phi) is 5.19. The van der Waals surface area contributed by atoms with E-state index in [0.29, 0.717) is 23.7 Å². The lowest BCUT2D eigenvalue weighted by Gasteiger charge is -2.11. The second kappa shape index (κ2) is 7.71. The monoisotopic (exact) mass is 336 g/mol. The van der Waals surface area contributed by atoms with Gasteiger partial charge in [-0.2, -0.15) is 0 Å². The first-order valence-corrected chi connectivity index (χ1v) is 8.17. The Morgan fingerprint density at radius 3 is 2.56 bits per heavy atom. The standard InChI is InChI=1S/C21H20O4/c1-3-24-20-13-16(11-12-19(20)23-2)21(22)25-14-17-9-6-8-15-7-4-5-10-18(15)17/h4-13H,3,14H2,1-2H3. The average Bonchev–Trinajstić information content (AvgIpc) is 2.66. The molecule has 4 heteroatoms. The third-order valence-electron chi connectivity index (χ3n) is 3.94. The van der Waals surface area contributed by atoms with Crippen LogP contribution < -0.4 is 9.47 Å². The molecule has 3 aromatic rings. The van der Waals surface area contributed by atoms with Crippen LogP contribution in [0.1, 0.15) is 22.8 Å². The number of esters is 1. The van der Waals surface area contributed by atoms with Gasteiger partial charge in [-0.25, -0.2) is 4.79 Å². The molecule has 0 aliphatic heterocycles. The molecule has 0 aromatic heterocycles. The van der Waals surface area contributed by atoms with Gasteiger partial charge in [0.1, 0.15) is 6.61 Å². The lowest BCUT2D eigenvalue weighted by atomic mass is 10.1. The Hall–Kier alpha value is -3.01. The van der Waals surface area contributed by atoms with Crippen LogP contribution in [0.15, 0.2) is 60.7 Å². The number of fused-ring (bicyclic) bond motifs is 1. The summed E-state index contributed by atoms with van der Waals surface area (Å²) in [5.74, 6) is 0.730. The molecule has 0 radical (unpaired) electrons. The van der Waals surface area contributed by atoms with E-state index in [4.69, 9.17) is 14.2 Å². The molecule has 0 N–H and O–H groups in total. The van der Waals surface area contributed by atoms with E-state index in [1.165, 1.54) is 0 Å². The van der Waals surface area contributed by atoms with Crippen LogP contribution in [0.2, 0.25) is 0 Å². The van der Waals surface area contributed by atoms with Crippen molar-refractivity contribution in [2.75, 3.05) is 13.7 Å². The van der Waals surface area contributed by atoms with Crippen LogP contribution in [-0.2, 0) is 11.3 Å². The van der Waals surface area contributed by atoms with Crippen molar-refractivity contribution in [2.45, 2.75) is 13.5 Å². The van der Waals surface area contributed by atoms with Gasteiger partial charge in [-0.1, -0.05) is 42.5 Å². The Balaban J connectivity index is 1.77. The highest BCUT2D eigenvalue weighted by molar-refractivity contribution is 5.91. The molecule has 0 heterocycles. The molecular formula is C21H20O4. The SMILES string of the molecule is CCOc1cc(C(=O)OCc2cccc3ccccc23)ccc1OC. The first kappa shape index (κ1) is 16.8. The van der Waals surface area contributed by atoms with Gasteiger partial charge in [0.2, 0.25) is 0 Å². The fourth-order valence-corrected chi connectivity index (χ4v) is 2.72. The fraction of sp³-hybridized carbons (Fsp3) is 0.190. The van der Waals surface area contributed by atoms with Crippen LogP contribution in [0.4, 0.5) is 0 Å². The third-order valence-corrected chi connectivity index (χ3v) is 3.94. The Morgan fingerprint density at radius 1 is 0.960 bits per heavy atom. The van der Waals surface area contributed by atoms with Gasteiger partial charge in [-0.3, -0.25) is 0 Å². The minimum absolute atomic E-state index is 0.218. The number of ether oxygens (including phenoxy) is 3. The van der Waals surface area contributed by atoms with E-state index in [2.05, 4.69) is 0 Å². The summed E-state index contributed by atoms with van der Waals surface area (Å²) in [6.07, 6.45) is 0. The molecule has 0 saturated heterocycles. The number of rotatable bonds is 6. The fourth-order valence-electron chi connectivity index (χ4n) is 2.72. The quantitative estimate of drug-likeness (QED) is 0.617. The van der Waals surface area contributed by atoms with Crippen molar-refractivity contribution in [3.8, 4) is 11.5 Å². The lowest BCUT2D eigenvalue weighted by Crippen LogP contribution is -2.06. The van der Waals surface area contributed by atoms with E-state index >= 15 is 0 Å². The van der Waals surface area contributed by atoms with Gasteiger partial charge in [0.05, 0.1) is 19.3 Å². The van der Waals surface area contributed by atoms with Crippen molar-refractivity contribution in [1.29, 1.82) is 0 Å². The van der Waals surface area contributed by atoms with Crippen molar-refractivity contribution in [2.24, 2.45) is 0 Å². The van der Waals surface area contributed by atoms with Crippen LogP contribution in [0.3, 0.4) is 0 Å². The number of benzene rings is 3. The van der Waals surface area contributed by atoms with Crippen molar-refractivity contribution in [1.82, 2.24) is 0 Å². The first-order chi connectivity index (χ1) is 12.2. The Morgan fingerprint density at radius 2 is 1.76 bits per heavy atom. The molecule has 25 heavy (non-hydrogen) atoms. The average molecular weight is 336 g/mol.